The first-order chi connectivity index (χ1) is 16.3. The Labute approximate surface area is 230 Å². The van der Waals surface area contributed by atoms with Crippen LogP contribution in [0.4, 0.5) is 5.69 Å². The van der Waals surface area contributed by atoms with Gasteiger partial charge in [0.05, 0.1) is 35.2 Å². The fourth-order valence-electron chi connectivity index (χ4n) is 4.03. The predicted octanol–water partition coefficient (Wildman–Crippen LogP) is 0.874. The van der Waals surface area contributed by atoms with Crippen molar-refractivity contribution in [2.24, 2.45) is 0 Å². The lowest BCUT2D eigenvalue weighted by Gasteiger charge is -2.29. The number of rotatable bonds is 8. The van der Waals surface area contributed by atoms with Crippen LogP contribution in [0.15, 0.2) is 71.3 Å². The average molecular weight is 627 g/mol. The van der Waals surface area contributed by atoms with Gasteiger partial charge < -0.3 is 31.8 Å². The van der Waals surface area contributed by atoms with E-state index in [4.69, 9.17) is 9.47 Å². The number of nitrogens with zero attached hydrogens (tertiary/aromatic N) is 2. The van der Waals surface area contributed by atoms with Crippen molar-refractivity contribution in [3.8, 4) is 0 Å². The average Bonchev–Trinajstić information content (AvgIpc) is 2.79. The van der Waals surface area contributed by atoms with Gasteiger partial charge in [-0.2, -0.15) is 0 Å². The molecule has 1 aromatic carbocycles. The highest BCUT2D eigenvalue weighted by molar-refractivity contribution is 8.93. The number of hydrogen-bond donors (Lipinski definition) is 1. The molecule has 3 rings (SSSR count). The molecule has 0 amide bonds. The van der Waals surface area contributed by atoms with Gasteiger partial charge in [-0.1, -0.05) is 0 Å². The highest BCUT2D eigenvalue weighted by atomic mass is 79.9. The number of ether oxygens (including phenoxy) is 2. The molecule has 1 aromatic heterocycles. The van der Waals surface area contributed by atoms with Crippen LogP contribution in [0.3, 0.4) is 0 Å². The van der Waals surface area contributed by atoms with Crippen LogP contribution in [0, 0.1) is 10.1 Å². The molecule has 0 bridgehead atoms. The predicted molar refractivity (Wildman–Crippen MR) is 134 cm³/mol. The van der Waals surface area contributed by atoms with Crippen molar-refractivity contribution in [3.63, 3.8) is 0 Å². The van der Waals surface area contributed by atoms with E-state index in [0.717, 1.165) is 11.1 Å². The van der Waals surface area contributed by atoms with Crippen molar-refractivity contribution in [2.45, 2.75) is 40.2 Å². The molecule has 1 aliphatic rings. The van der Waals surface area contributed by atoms with Crippen molar-refractivity contribution in [3.05, 3.63) is 92.6 Å². The molecule has 0 saturated heterocycles. The Hall–Kier alpha value is -3.05. The molecule has 0 spiro atoms. The number of pyridine rings is 1. The normalized spacial score (nSPS) is 13.2. The maximum Gasteiger partial charge on any atom is 0.336 e. The van der Waals surface area contributed by atoms with E-state index >= 15 is 0 Å². The number of halogens is 2. The smallest absolute Gasteiger partial charge is 0.336 e. The maximum absolute atomic E-state index is 12.9. The molecule has 0 aliphatic carbocycles. The number of carbonyl (C=O) groups is 2. The van der Waals surface area contributed by atoms with Gasteiger partial charge in [-0.05, 0) is 45.9 Å². The Kier molecular flexibility index (Phi) is 11.9. The van der Waals surface area contributed by atoms with Crippen molar-refractivity contribution >= 4 is 34.6 Å². The van der Waals surface area contributed by atoms with Crippen molar-refractivity contribution < 1.29 is 45.5 Å². The Bertz CT molecular complexity index is 1140. The third-order valence-electron chi connectivity index (χ3n) is 5.48. The van der Waals surface area contributed by atoms with Gasteiger partial charge in [0.1, 0.15) is 0 Å². The van der Waals surface area contributed by atoms with Gasteiger partial charge in [-0.3, -0.25) is 10.1 Å². The summed E-state index contributed by atoms with van der Waals surface area (Å²) in [6.07, 6.45) is 3.71. The van der Waals surface area contributed by atoms with E-state index in [1.807, 2.05) is 29.1 Å². The van der Waals surface area contributed by atoms with E-state index in [2.05, 4.69) is 5.32 Å². The van der Waals surface area contributed by atoms with Crippen LogP contribution < -0.4 is 26.9 Å². The number of carbonyl (C=O) groups excluding carboxylic acids is 2. The van der Waals surface area contributed by atoms with Crippen LogP contribution in [0.2, 0.25) is 0 Å². The molecule has 1 N–H and O–H groups in total. The highest BCUT2D eigenvalue weighted by Gasteiger charge is 2.39. The number of nitro benzene ring substituents is 1. The molecular weight excluding hydrogens is 598 g/mol. The fraction of sp³-hybridized carbons (Fsp3) is 0.320. The lowest BCUT2D eigenvalue weighted by molar-refractivity contribution is -0.688. The Morgan fingerprint density at radius 2 is 1.53 bits per heavy atom. The van der Waals surface area contributed by atoms with Crippen LogP contribution in [-0.4, -0.2) is 30.1 Å². The summed E-state index contributed by atoms with van der Waals surface area (Å²) in [5.74, 6) is -1.68. The number of hydrogen-bond acceptors (Lipinski definition) is 7. The first kappa shape index (κ1) is 31.0. The van der Waals surface area contributed by atoms with E-state index in [9.17, 15) is 19.7 Å². The van der Waals surface area contributed by atoms with Gasteiger partial charge in [-0.25, -0.2) is 14.2 Å². The van der Waals surface area contributed by atoms with Crippen LogP contribution in [0.1, 0.15) is 44.7 Å². The summed E-state index contributed by atoms with van der Waals surface area (Å²) in [6.45, 7) is 7.87. The fourth-order valence-corrected chi connectivity index (χ4v) is 4.03. The Balaban J connectivity index is 0.00000324. The molecule has 9 nitrogen and oxygen atoms in total. The van der Waals surface area contributed by atoms with E-state index in [-0.39, 0.29) is 52.9 Å². The molecule has 11 heteroatoms. The number of allylic oxidation sites excluding steroid dienone is 2. The van der Waals surface area contributed by atoms with E-state index < -0.39 is 22.8 Å². The van der Waals surface area contributed by atoms with Crippen molar-refractivity contribution in [1.29, 1.82) is 0 Å². The number of esters is 2. The lowest BCUT2D eigenvalue weighted by atomic mass is 9.81. The lowest BCUT2D eigenvalue weighted by Crippen LogP contribution is -3.00. The van der Waals surface area contributed by atoms with Crippen LogP contribution in [0.5, 0.6) is 0 Å². The first-order valence-electron chi connectivity index (χ1n) is 11.0. The second kappa shape index (κ2) is 13.9. The summed E-state index contributed by atoms with van der Waals surface area (Å²) in [4.78, 5) is 36.3. The number of aromatic nitrogens is 1. The maximum atomic E-state index is 12.9. The summed E-state index contributed by atoms with van der Waals surface area (Å²) in [6, 6.07) is 10.0. The second-order valence-electron chi connectivity index (χ2n) is 7.81. The quantitative estimate of drug-likeness (QED) is 0.200. The SMILES string of the molecule is Br.CCOC(=O)C1=C(C)NC(C)=C(C(=O)OCC)C1c1ccc[n+](Cc2ccc([N+](=O)[O-])cc2)c1.[Br-]. The van der Waals surface area contributed by atoms with Gasteiger partial charge in [0.15, 0.2) is 18.9 Å². The number of nitro groups is 1. The monoisotopic (exact) mass is 625 g/mol. The van der Waals surface area contributed by atoms with Gasteiger partial charge in [0, 0.05) is 40.7 Å². The van der Waals surface area contributed by atoms with Gasteiger partial charge in [0.25, 0.3) is 5.69 Å². The third-order valence-corrected chi connectivity index (χ3v) is 5.48. The molecule has 0 fully saturated rings. The van der Waals surface area contributed by atoms with Crippen LogP contribution in [-0.2, 0) is 25.6 Å². The Morgan fingerprint density at radius 3 is 2.00 bits per heavy atom. The molecule has 2 heterocycles. The van der Waals surface area contributed by atoms with Gasteiger partial charge >= 0.3 is 11.9 Å². The molecule has 0 radical (unpaired) electrons. The molecule has 0 atom stereocenters. The molecular formula is C25H29Br2N3O6. The van der Waals surface area contributed by atoms with Crippen LogP contribution >= 0.6 is 17.0 Å². The summed E-state index contributed by atoms with van der Waals surface area (Å²) in [5, 5.41) is 14.0. The summed E-state index contributed by atoms with van der Waals surface area (Å²) in [5.41, 5.74) is 3.53. The first-order valence-corrected chi connectivity index (χ1v) is 11.0. The molecule has 36 heavy (non-hydrogen) atoms. The zero-order valence-electron chi connectivity index (χ0n) is 20.4. The van der Waals surface area contributed by atoms with Crippen molar-refractivity contribution in [1.82, 2.24) is 5.32 Å². The zero-order valence-corrected chi connectivity index (χ0v) is 23.7. The minimum Gasteiger partial charge on any atom is -1.00 e. The summed E-state index contributed by atoms with van der Waals surface area (Å²) < 4.78 is 12.5. The largest absolute Gasteiger partial charge is 1.00 e. The van der Waals surface area contributed by atoms with Gasteiger partial charge in [0.2, 0.25) is 0 Å². The molecule has 1 aliphatic heterocycles. The molecule has 2 aromatic rings. The van der Waals surface area contributed by atoms with Gasteiger partial charge in [-0.15, -0.1) is 17.0 Å². The van der Waals surface area contributed by atoms with E-state index in [1.54, 1.807) is 39.8 Å². The zero-order chi connectivity index (χ0) is 24.8. The summed E-state index contributed by atoms with van der Waals surface area (Å²) >= 11 is 0. The van der Waals surface area contributed by atoms with E-state index in [0.29, 0.717) is 29.1 Å². The van der Waals surface area contributed by atoms with Crippen molar-refractivity contribution in [2.75, 3.05) is 13.2 Å². The molecule has 0 saturated carbocycles. The minimum absolute atomic E-state index is 0. The highest BCUT2D eigenvalue weighted by Crippen LogP contribution is 2.38. The standard InChI is InChI=1S/C25H27N3O6.2BrH/c1-5-33-24(29)21-16(3)26-17(4)22(25(30)34-6-2)23(21)19-8-7-13-27(15-19)14-18-9-11-20(12-10-18)28(31)32;;/h7-13,15,23H,5-6,14H2,1-4H3;2*1H. The number of nitrogens with one attached hydrogen (secondary N) is 1. The number of dihydropyridines is 1. The minimum atomic E-state index is -0.677. The molecule has 194 valence electrons. The van der Waals surface area contributed by atoms with Crippen LogP contribution in [0.25, 0.3) is 0 Å². The van der Waals surface area contributed by atoms with E-state index in [1.165, 1.54) is 12.1 Å². The second-order valence-corrected chi connectivity index (χ2v) is 7.81. The third kappa shape index (κ3) is 7.01. The molecule has 0 unspecified atom stereocenters. The summed E-state index contributed by atoms with van der Waals surface area (Å²) in [7, 11) is 0. The number of non-ortho nitro benzene ring substituents is 1. The Morgan fingerprint density at radius 1 is 1.00 bits per heavy atom. The number of benzene rings is 1. The topological polar surface area (TPSA) is 112 Å².